The van der Waals surface area contributed by atoms with E-state index < -0.39 is 0 Å². The molecule has 3 nitrogen and oxygen atoms in total. The fourth-order valence-corrected chi connectivity index (χ4v) is 2.72. The second-order valence-electron chi connectivity index (χ2n) is 6.21. The van der Waals surface area contributed by atoms with Gasteiger partial charge in [-0.05, 0) is 49.8 Å². The molecule has 0 aliphatic heterocycles. The van der Waals surface area contributed by atoms with Gasteiger partial charge in [-0.3, -0.25) is 4.98 Å². The Morgan fingerprint density at radius 1 is 1.40 bits per heavy atom. The Morgan fingerprint density at radius 2 is 2.15 bits per heavy atom. The Balaban J connectivity index is 1.93. The zero-order chi connectivity index (χ0) is 14.5. The third kappa shape index (κ3) is 3.95. The maximum Gasteiger partial charge on any atom is 0.0574 e. The highest BCUT2D eigenvalue weighted by molar-refractivity contribution is 5.44. The summed E-state index contributed by atoms with van der Waals surface area (Å²) >= 11 is 0. The van der Waals surface area contributed by atoms with Crippen molar-refractivity contribution in [2.24, 2.45) is 11.8 Å². The average Bonchev–Trinajstić information content (AvgIpc) is 3.15. The maximum atomic E-state index is 4.67. The van der Waals surface area contributed by atoms with E-state index in [4.69, 9.17) is 0 Å². The van der Waals surface area contributed by atoms with Gasteiger partial charge in [0.1, 0.15) is 0 Å². The van der Waals surface area contributed by atoms with Gasteiger partial charge in [0.05, 0.1) is 17.6 Å². The number of pyridine rings is 1. The Kier molecular flexibility index (Phi) is 5.41. The summed E-state index contributed by atoms with van der Waals surface area (Å²) in [6.45, 7) is 8.97. The van der Waals surface area contributed by atoms with Gasteiger partial charge < -0.3 is 10.2 Å². The molecule has 0 bridgehead atoms. The molecule has 3 unspecified atom stereocenters. The molecule has 1 aromatic heterocycles. The van der Waals surface area contributed by atoms with E-state index >= 15 is 0 Å². The zero-order valence-corrected chi connectivity index (χ0v) is 13.4. The van der Waals surface area contributed by atoms with E-state index in [2.05, 4.69) is 55.2 Å². The summed E-state index contributed by atoms with van der Waals surface area (Å²) in [5.74, 6) is 1.79. The molecule has 1 N–H and O–H groups in total. The van der Waals surface area contributed by atoms with Gasteiger partial charge in [-0.2, -0.15) is 0 Å². The van der Waals surface area contributed by atoms with Crippen molar-refractivity contribution in [1.29, 1.82) is 0 Å². The first-order valence-electron chi connectivity index (χ1n) is 8.06. The summed E-state index contributed by atoms with van der Waals surface area (Å²) in [5.41, 5.74) is 2.40. The number of nitrogens with one attached hydrogen (secondary N) is 1. The lowest BCUT2D eigenvalue weighted by molar-refractivity contribution is 0.507. The largest absolute Gasteiger partial charge is 0.373 e. The molecule has 20 heavy (non-hydrogen) atoms. The van der Waals surface area contributed by atoms with E-state index in [9.17, 15) is 0 Å². The number of aromatic nitrogens is 1. The van der Waals surface area contributed by atoms with Gasteiger partial charge in [-0.15, -0.1) is 0 Å². The van der Waals surface area contributed by atoms with E-state index in [1.54, 1.807) is 0 Å². The molecular weight excluding hydrogens is 246 g/mol. The molecule has 0 radical (unpaired) electrons. The molecule has 1 heterocycles. The quantitative estimate of drug-likeness (QED) is 0.785. The molecule has 1 saturated carbocycles. The van der Waals surface area contributed by atoms with Gasteiger partial charge in [0.2, 0.25) is 0 Å². The lowest BCUT2D eigenvalue weighted by Gasteiger charge is -2.21. The molecular formula is C17H29N3. The summed E-state index contributed by atoms with van der Waals surface area (Å²) < 4.78 is 0. The van der Waals surface area contributed by atoms with Crippen molar-refractivity contribution >= 4 is 5.69 Å². The van der Waals surface area contributed by atoms with Crippen molar-refractivity contribution in [3.8, 4) is 0 Å². The topological polar surface area (TPSA) is 28.2 Å². The van der Waals surface area contributed by atoms with Gasteiger partial charge in [0.25, 0.3) is 0 Å². The molecule has 112 valence electrons. The van der Waals surface area contributed by atoms with Crippen LogP contribution in [0.25, 0.3) is 0 Å². The average molecular weight is 275 g/mol. The van der Waals surface area contributed by atoms with Crippen molar-refractivity contribution < 1.29 is 0 Å². The van der Waals surface area contributed by atoms with Crippen LogP contribution in [-0.4, -0.2) is 25.1 Å². The van der Waals surface area contributed by atoms with Crippen LogP contribution in [0.15, 0.2) is 18.3 Å². The molecule has 3 heteroatoms. The molecule has 0 aromatic carbocycles. The first kappa shape index (κ1) is 15.3. The van der Waals surface area contributed by atoms with Crippen molar-refractivity contribution in [2.75, 3.05) is 25.0 Å². The van der Waals surface area contributed by atoms with Crippen molar-refractivity contribution in [3.05, 3.63) is 24.0 Å². The minimum Gasteiger partial charge on any atom is -0.373 e. The van der Waals surface area contributed by atoms with E-state index in [0.29, 0.717) is 6.04 Å². The highest BCUT2D eigenvalue weighted by atomic mass is 15.1. The number of hydrogen-bond acceptors (Lipinski definition) is 3. The summed E-state index contributed by atoms with van der Waals surface area (Å²) in [5, 5.41) is 3.56. The van der Waals surface area contributed by atoms with Crippen LogP contribution in [-0.2, 0) is 0 Å². The van der Waals surface area contributed by atoms with Gasteiger partial charge in [0, 0.05) is 19.6 Å². The summed E-state index contributed by atoms with van der Waals surface area (Å²) in [6.07, 6.45) is 5.66. The van der Waals surface area contributed by atoms with Crippen LogP contribution < -0.4 is 10.2 Å². The van der Waals surface area contributed by atoms with Crippen LogP contribution in [0.3, 0.4) is 0 Å². The first-order valence-corrected chi connectivity index (χ1v) is 8.06. The number of rotatable bonds is 8. The first-order chi connectivity index (χ1) is 9.65. The number of nitrogens with zero attached hydrogens (tertiary/aromatic N) is 2. The SMILES string of the molecule is CCCNC(CC)c1ccc(N(C)CC2CC2C)cn1. The van der Waals surface area contributed by atoms with Crippen molar-refractivity contribution in [3.63, 3.8) is 0 Å². The van der Waals surface area contributed by atoms with Crippen LogP contribution in [0.1, 0.15) is 51.8 Å². The fourth-order valence-electron chi connectivity index (χ4n) is 2.72. The third-order valence-corrected chi connectivity index (χ3v) is 4.40. The molecule has 0 saturated heterocycles. The second kappa shape index (κ2) is 7.07. The van der Waals surface area contributed by atoms with E-state index in [1.807, 2.05) is 6.20 Å². The predicted molar refractivity (Wildman–Crippen MR) is 86.1 cm³/mol. The zero-order valence-electron chi connectivity index (χ0n) is 13.4. The molecule has 0 spiro atoms. The Labute approximate surface area is 123 Å². The molecule has 1 aliphatic carbocycles. The molecule has 0 amide bonds. The standard InChI is InChI=1S/C17H29N3/c1-5-9-18-16(6-2)17-8-7-15(11-19-17)20(4)12-14-10-13(14)3/h7-8,11,13-14,16,18H,5-6,9-10,12H2,1-4H3. The minimum atomic E-state index is 0.387. The number of hydrogen-bond donors (Lipinski definition) is 1. The van der Waals surface area contributed by atoms with Gasteiger partial charge in [-0.1, -0.05) is 20.8 Å². The third-order valence-electron chi connectivity index (χ3n) is 4.40. The van der Waals surface area contributed by atoms with Crippen molar-refractivity contribution in [2.45, 2.75) is 46.1 Å². The Hall–Kier alpha value is -1.09. The molecule has 1 fully saturated rings. The molecule has 3 atom stereocenters. The van der Waals surface area contributed by atoms with Crippen LogP contribution >= 0.6 is 0 Å². The molecule has 1 aliphatic rings. The minimum absolute atomic E-state index is 0.387. The predicted octanol–water partition coefficient (Wildman–Crippen LogP) is 3.62. The van der Waals surface area contributed by atoms with Gasteiger partial charge >= 0.3 is 0 Å². The van der Waals surface area contributed by atoms with E-state index in [0.717, 1.165) is 43.5 Å². The molecule has 2 rings (SSSR count). The fraction of sp³-hybridized carbons (Fsp3) is 0.706. The highest BCUT2D eigenvalue weighted by Gasteiger charge is 2.33. The highest BCUT2D eigenvalue weighted by Crippen LogP contribution is 2.38. The summed E-state index contributed by atoms with van der Waals surface area (Å²) in [7, 11) is 2.17. The number of anilines is 1. The smallest absolute Gasteiger partial charge is 0.0574 e. The monoisotopic (exact) mass is 275 g/mol. The maximum absolute atomic E-state index is 4.67. The lowest BCUT2D eigenvalue weighted by Crippen LogP contribution is -2.23. The van der Waals surface area contributed by atoms with E-state index in [-0.39, 0.29) is 0 Å². The van der Waals surface area contributed by atoms with Crippen LogP contribution in [0, 0.1) is 11.8 Å². The lowest BCUT2D eigenvalue weighted by atomic mass is 10.1. The van der Waals surface area contributed by atoms with E-state index in [1.165, 1.54) is 12.1 Å². The summed E-state index contributed by atoms with van der Waals surface area (Å²) in [4.78, 5) is 7.01. The van der Waals surface area contributed by atoms with Gasteiger partial charge in [0.15, 0.2) is 0 Å². The second-order valence-corrected chi connectivity index (χ2v) is 6.21. The summed E-state index contributed by atoms with van der Waals surface area (Å²) in [6, 6.07) is 4.78. The van der Waals surface area contributed by atoms with Crippen molar-refractivity contribution in [1.82, 2.24) is 10.3 Å². The van der Waals surface area contributed by atoms with Crippen LogP contribution in [0.5, 0.6) is 0 Å². The molecule has 1 aromatic rings. The Bertz CT molecular complexity index is 401. The Morgan fingerprint density at radius 3 is 2.65 bits per heavy atom. The van der Waals surface area contributed by atoms with Gasteiger partial charge in [-0.25, -0.2) is 0 Å². The van der Waals surface area contributed by atoms with Crippen LogP contribution in [0.2, 0.25) is 0 Å². The van der Waals surface area contributed by atoms with Crippen LogP contribution in [0.4, 0.5) is 5.69 Å². The normalized spacial score (nSPS) is 22.6.